The lowest BCUT2D eigenvalue weighted by molar-refractivity contribution is 0.0953. The summed E-state index contributed by atoms with van der Waals surface area (Å²) in [7, 11) is 0. The second-order valence-corrected chi connectivity index (χ2v) is 6.47. The molecule has 0 atom stereocenters. The maximum atomic E-state index is 12.3. The summed E-state index contributed by atoms with van der Waals surface area (Å²) >= 11 is 0. The molecule has 0 fully saturated rings. The summed E-state index contributed by atoms with van der Waals surface area (Å²) in [5.41, 5.74) is 4.44. The molecule has 4 aromatic rings. The normalized spacial score (nSPS) is 10.9. The SMILES string of the molecule is CCCNC(=O)c1ccn2c(-c3ccc(O)cc3)c(-c3ccccn3)nc2c1. The van der Waals surface area contributed by atoms with Crippen LogP contribution in [0.3, 0.4) is 0 Å². The van der Waals surface area contributed by atoms with Crippen molar-refractivity contribution >= 4 is 11.6 Å². The van der Waals surface area contributed by atoms with Gasteiger partial charge in [-0.3, -0.25) is 14.2 Å². The number of rotatable bonds is 5. The van der Waals surface area contributed by atoms with E-state index >= 15 is 0 Å². The van der Waals surface area contributed by atoms with Crippen LogP contribution in [0.25, 0.3) is 28.3 Å². The number of nitrogens with one attached hydrogen (secondary N) is 1. The molecule has 0 radical (unpaired) electrons. The third-order valence-corrected chi connectivity index (χ3v) is 4.47. The van der Waals surface area contributed by atoms with Gasteiger partial charge in [0, 0.05) is 30.1 Å². The van der Waals surface area contributed by atoms with Crippen LogP contribution in [-0.2, 0) is 0 Å². The van der Waals surface area contributed by atoms with Crippen molar-refractivity contribution in [3.05, 3.63) is 72.6 Å². The highest BCUT2D eigenvalue weighted by molar-refractivity contribution is 5.95. The van der Waals surface area contributed by atoms with Crippen molar-refractivity contribution < 1.29 is 9.90 Å². The molecule has 6 heteroatoms. The Morgan fingerprint density at radius 3 is 2.68 bits per heavy atom. The molecule has 0 saturated carbocycles. The standard InChI is InChI=1S/C22H20N4O2/c1-2-11-24-22(28)16-10-13-26-19(14-16)25-20(18-5-3-4-12-23-18)21(26)15-6-8-17(27)9-7-15/h3-10,12-14,27H,2,11H2,1H3,(H,24,28). The maximum Gasteiger partial charge on any atom is 0.251 e. The van der Waals surface area contributed by atoms with Crippen molar-refractivity contribution in [2.75, 3.05) is 6.54 Å². The maximum absolute atomic E-state index is 12.3. The van der Waals surface area contributed by atoms with E-state index in [-0.39, 0.29) is 11.7 Å². The number of phenols is 1. The van der Waals surface area contributed by atoms with E-state index in [1.54, 1.807) is 30.5 Å². The Kier molecular flexibility index (Phi) is 4.76. The largest absolute Gasteiger partial charge is 0.508 e. The number of benzene rings is 1. The molecule has 0 saturated heterocycles. The molecule has 140 valence electrons. The number of hydrogen-bond acceptors (Lipinski definition) is 4. The van der Waals surface area contributed by atoms with Crippen LogP contribution in [0.1, 0.15) is 23.7 Å². The van der Waals surface area contributed by atoms with Gasteiger partial charge in [0.15, 0.2) is 0 Å². The van der Waals surface area contributed by atoms with Gasteiger partial charge in [0.2, 0.25) is 0 Å². The third-order valence-electron chi connectivity index (χ3n) is 4.47. The van der Waals surface area contributed by atoms with Gasteiger partial charge in [0.05, 0.1) is 11.4 Å². The van der Waals surface area contributed by atoms with E-state index in [0.29, 0.717) is 17.8 Å². The summed E-state index contributed by atoms with van der Waals surface area (Å²) in [5, 5.41) is 12.5. The van der Waals surface area contributed by atoms with Crippen LogP contribution in [0.5, 0.6) is 5.75 Å². The molecule has 1 aromatic carbocycles. The summed E-state index contributed by atoms with van der Waals surface area (Å²) in [6.45, 7) is 2.65. The van der Waals surface area contributed by atoms with Crippen LogP contribution in [0.4, 0.5) is 0 Å². The topological polar surface area (TPSA) is 79.5 Å². The predicted octanol–water partition coefficient (Wildman–Crippen LogP) is 3.91. The fourth-order valence-electron chi connectivity index (χ4n) is 3.10. The lowest BCUT2D eigenvalue weighted by atomic mass is 10.1. The highest BCUT2D eigenvalue weighted by Gasteiger charge is 2.18. The summed E-state index contributed by atoms with van der Waals surface area (Å²) in [6.07, 6.45) is 4.45. The molecule has 0 aliphatic heterocycles. The number of nitrogens with zero attached hydrogens (tertiary/aromatic N) is 3. The molecule has 6 nitrogen and oxygen atoms in total. The van der Waals surface area contributed by atoms with E-state index in [1.165, 1.54) is 0 Å². The summed E-state index contributed by atoms with van der Waals surface area (Å²) in [4.78, 5) is 21.5. The molecule has 0 bridgehead atoms. The van der Waals surface area contributed by atoms with Crippen molar-refractivity contribution in [2.45, 2.75) is 13.3 Å². The van der Waals surface area contributed by atoms with Crippen molar-refractivity contribution in [1.82, 2.24) is 19.7 Å². The van der Waals surface area contributed by atoms with Crippen molar-refractivity contribution in [2.24, 2.45) is 0 Å². The fraction of sp³-hybridized carbons (Fsp3) is 0.136. The average molecular weight is 372 g/mol. The Balaban J connectivity index is 1.89. The van der Waals surface area contributed by atoms with E-state index < -0.39 is 0 Å². The first-order valence-electron chi connectivity index (χ1n) is 9.18. The molecule has 3 heterocycles. The Morgan fingerprint density at radius 2 is 1.96 bits per heavy atom. The average Bonchev–Trinajstić information content (AvgIpc) is 3.12. The molecule has 4 rings (SSSR count). The zero-order valence-corrected chi connectivity index (χ0v) is 15.5. The lowest BCUT2D eigenvalue weighted by Gasteiger charge is -2.07. The minimum atomic E-state index is -0.113. The predicted molar refractivity (Wildman–Crippen MR) is 108 cm³/mol. The first kappa shape index (κ1) is 17.7. The van der Waals surface area contributed by atoms with Crippen LogP contribution in [0.2, 0.25) is 0 Å². The van der Waals surface area contributed by atoms with E-state index in [2.05, 4.69) is 10.3 Å². The smallest absolute Gasteiger partial charge is 0.251 e. The van der Waals surface area contributed by atoms with Gasteiger partial charge in [-0.05, 0) is 55.0 Å². The van der Waals surface area contributed by atoms with Gasteiger partial charge in [0.1, 0.15) is 17.1 Å². The molecule has 1 amide bonds. The van der Waals surface area contributed by atoms with Gasteiger partial charge in [-0.2, -0.15) is 0 Å². The van der Waals surface area contributed by atoms with E-state index in [9.17, 15) is 9.90 Å². The molecule has 0 aliphatic rings. The van der Waals surface area contributed by atoms with Crippen molar-refractivity contribution in [1.29, 1.82) is 0 Å². The number of carbonyl (C=O) groups is 1. The minimum absolute atomic E-state index is 0.113. The molecule has 2 N–H and O–H groups in total. The molecular formula is C22H20N4O2. The van der Waals surface area contributed by atoms with E-state index in [0.717, 1.165) is 29.1 Å². The first-order valence-corrected chi connectivity index (χ1v) is 9.18. The molecule has 3 aromatic heterocycles. The molecule has 0 unspecified atom stereocenters. The molecule has 0 spiro atoms. The lowest BCUT2D eigenvalue weighted by Crippen LogP contribution is -2.24. The van der Waals surface area contributed by atoms with Crippen LogP contribution >= 0.6 is 0 Å². The summed E-state index contributed by atoms with van der Waals surface area (Å²) < 4.78 is 1.94. The number of aromatic nitrogens is 3. The van der Waals surface area contributed by atoms with E-state index in [4.69, 9.17) is 4.98 Å². The second kappa shape index (κ2) is 7.52. The number of phenolic OH excluding ortho intramolecular Hbond substituents is 1. The van der Waals surface area contributed by atoms with Gasteiger partial charge in [-0.1, -0.05) is 13.0 Å². The van der Waals surface area contributed by atoms with Gasteiger partial charge < -0.3 is 10.4 Å². The first-order chi connectivity index (χ1) is 13.7. The van der Waals surface area contributed by atoms with Gasteiger partial charge >= 0.3 is 0 Å². The number of hydrogen-bond donors (Lipinski definition) is 2. The number of pyridine rings is 2. The molecule has 28 heavy (non-hydrogen) atoms. The molecular weight excluding hydrogens is 352 g/mol. The molecule has 0 aliphatic carbocycles. The Labute approximate surface area is 162 Å². The van der Waals surface area contributed by atoms with Crippen molar-refractivity contribution in [3.63, 3.8) is 0 Å². The highest BCUT2D eigenvalue weighted by Crippen LogP contribution is 2.32. The fourth-order valence-corrected chi connectivity index (χ4v) is 3.10. The number of carbonyl (C=O) groups excluding carboxylic acids is 1. The number of aromatic hydroxyl groups is 1. The zero-order valence-electron chi connectivity index (χ0n) is 15.5. The Morgan fingerprint density at radius 1 is 1.14 bits per heavy atom. The summed E-state index contributed by atoms with van der Waals surface area (Å²) in [6, 6.07) is 16.2. The van der Waals surface area contributed by atoms with E-state index in [1.807, 2.05) is 47.9 Å². The highest BCUT2D eigenvalue weighted by atomic mass is 16.3. The second-order valence-electron chi connectivity index (χ2n) is 6.47. The minimum Gasteiger partial charge on any atom is -0.508 e. The quantitative estimate of drug-likeness (QED) is 0.557. The third kappa shape index (κ3) is 3.32. The summed E-state index contributed by atoms with van der Waals surface area (Å²) in [5.74, 6) is 0.0877. The van der Waals surface area contributed by atoms with Gasteiger partial charge in [-0.15, -0.1) is 0 Å². The van der Waals surface area contributed by atoms with Gasteiger partial charge in [-0.25, -0.2) is 4.98 Å². The van der Waals surface area contributed by atoms with Crippen LogP contribution in [0.15, 0.2) is 67.0 Å². The van der Waals surface area contributed by atoms with Crippen LogP contribution in [-0.4, -0.2) is 31.9 Å². The Bertz CT molecular complexity index is 1120. The monoisotopic (exact) mass is 372 g/mol. The van der Waals surface area contributed by atoms with Crippen molar-refractivity contribution in [3.8, 4) is 28.4 Å². The van der Waals surface area contributed by atoms with Crippen LogP contribution < -0.4 is 5.32 Å². The number of amides is 1. The van der Waals surface area contributed by atoms with Gasteiger partial charge in [0.25, 0.3) is 5.91 Å². The zero-order chi connectivity index (χ0) is 19.5. The Hall–Kier alpha value is -3.67. The van der Waals surface area contributed by atoms with Crippen LogP contribution in [0, 0.1) is 0 Å². The number of imidazole rings is 1. The number of fused-ring (bicyclic) bond motifs is 1.